The van der Waals surface area contributed by atoms with E-state index in [0.29, 0.717) is 0 Å². The Kier molecular flexibility index (Phi) is 4.76. The maximum Gasteiger partial charge on any atom is 0.242 e. The lowest BCUT2D eigenvalue weighted by atomic mass is 9.90. The van der Waals surface area contributed by atoms with E-state index >= 15 is 0 Å². The van der Waals surface area contributed by atoms with Crippen molar-refractivity contribution >= 4 is 17.2 Å². The van der Waals surface area contributed by atoms with E-state index in [1.165, 1.54) is 10.4 Å². The molecule has 2 N–H and O–H groups in total. The standard InChI is InChI=1S/C16H27N3OS/c1-6-12(17)13(14-11(2)7-10-21-14)19-9-8-18(5)15(20)16(19,3)4/h7,10,12-13H,6,8-9,17H2,1-5H3. The second-order valence-corrected chi connectivity index (χ2v) is 7.41. The molecule has 2 heterocycles. The van der Waals surface area contributed by atoms with Crippen molar-refractivity contribution in [1.82, 2.24) is 9.80 Å². The Morgan fingerprint density at radius 2 is 2.10 bits per heavy atom. The molecule has 1 aliphatic rings. The van der Waals surface area contributed by atoms with Crippen LogP contribution in [-0.2, 0) is 4.79 Å². The predicted octanol–water partition coefficient (Wildman–Crippen LogP) is 2.39. The average molecular weight is 309 g/mol. The number of hydrogen-bond acceptors (Lipinski definition) is 4. The number of aryl methyl sites for hydroxylation is 1. The fourth-order valence-electron chi connectivity index (χ4n) is 3.19. The van der Waals surface area contributed by atoms with Crippen molar-refractivity contribution in [2.24, 2.45) is 5.73 Å². The van der Waals surface area contributed by atoms with Crippen molar-refractivity contribution in [3.05, 3.63) is 21.9 Å². The van der Waals surface area contributed by atoms with Crippen LogP contribution in [0, 0.1) is 6.92 Å². The molecular weight excluding hydrogens is 282 g/mol. The van der Waals surface area contributed by atoms with Crippen molar-refractivity contribution in [3.63, 3.8) is 0 Å². The van der Waals surface area contributed by atoms with E-state index in [2.05, 4.69) is 30.2 Å². The minimum Gasteiger partial charge on any atom is -0.343 e. The highest BCUT2D eigenvalue weighted by Gasteiger charge is 2.45. The molecule has 5 heteroatoms. The minimum atomic E-state index is -0.513. The highest BCUT2D eigenvalue weighted by Crippen LogP contribution is 2.37. The second-order valence-electron chi connectivity index (χ2n) is 6.46. The molecule has 1 aliphatic heterocycles. The molecule has 0 radical (unpaired) electrons. The molecule has 2 rings (SSSR count). The van der Waals surface area contributed by atoms with Crippen LogP contribution in [0.2, 0.25) is 0 Å². The number of amides is 1. The lowest BCUT2D eigenvalue weighted by Crippen LogP contribution is -2.64. The fourth-order valence-corrected chi connectivity index (χ4v) is 4.31. The summed E-state index contributed by atoms with van der Waals surface area (Å²) in [5.41, 5.74) is 7.21. The van der Waals surface area contributed by atoms with Crippen LogP contribution in [0.5, 0.6) is 0 Å². The summed E-state index contributed by atoms with van der Waals surface area (Å²) in [6.07, 6.45) is 0.901. The Morgan fingerprint density at radius 3 is 2.62 bits per heavy atom. The lowest BCUT2D eigenvalue weighted by Gasteiger charge is -2.49. The first-order chi connectivity index (χ1) is 9.80. The smallest absolute Gasteiger partial charge is 0.242 e. The molecule has 0 aliphatic carbocycles. The van der Waals surface area contributed by atoms with Crippen LogP contribution in [-0.4, -0.2) is 47.4 Å². The minimum absolute atomic E-state index is 0.0397. The van der Waals surface area contributed by atoms with Crippen molar-refractivity contribution < 1.29 is 4.79 Å². The first-order valence-electron chi connectivity index (χ1n) is 7.62. The molecule has 118 valence electrons. The van der Waals surface area contributed by atoms with Gasteiger partial charge in [-0.3, -0.25) is 9.69 Å². The van der Waals surface area contributed by atoms with Gasteiger partial charge in [-0.2, -0.15) is 0 Å². The van der Waals surface area contributed by atoms with E-state index in [4.69, 9.17) is 5.73 Å². The Bertz CT molecular complexity index is 511. The SMILES string of the molecule is CCC(N)C(c1sccc1C)N1CCN(C)C(=O)C1(C)C. The third kappa shape index (κ3) is 2.87. The first-order valence-corrected chi connectivity index (χ1v) is 8.50. The van der Waals surface area contributed by atoms with E-state index in [1.54, 1.807) is 11.3 Å². The molecular formula is C16H27N3OS. The maximum absolute atomic E-state index is 12.6. The normalized spacial score (nSPS) is 22.4. The maximum atomic E-state index is 12.6. The van der Waals surface area contributed by atoms with Gasteiger partial charge in [-0.05, 0) is 44.2 Å². The molecule has 1 fully saturated rings. The molecule has 0 bridgehead atoms. The summed E-state index contributed by atoms with van der Waals surface area (Å²) in [6, 6.07) is 2.29. The Morgan fingerprint density at radius 1 is 1.43 bits per heavy atom. The highest BCUT2D eigenvalue weighted by molar-refractivity contribution is 7.10. The van der Waals surface area contributed by atoms with Crippen LogP contribution < -0.4 is 5.73 Å². The number of carbonyl (C=O) groups excluding carboxylic acids is 1. The summed E-state index contributed by atoms with van der Waals surface area (Å²) in [6.45, 7) is 9.91. The molecule has 4 nitrogen and oxygen atoms in total. The van der Waals surface area contributed by atoms with E-state index in [9.17, 15) is 4.79 Å². The van der Waals surface area contributed by atoms with Gasteiger partial charge in [-0.25, -0.2) is 0 Å². The summed E-state index contributed by atoms with van der Waals surface area (Å²) < 4.78 is 0. The third-order valence-corrected chi connectivity index (χ3v) is 5.74. The second kappa shape index (κ2) is 6.07. The Hall–Kier alpha value is -0.910. The quantitative estimate of drug-likeness (QED) is 0.929. The number of carbonyl (C=O) groups is 1. The number of hydrogen-bond donors (Lipinski definition) is 1. The predicted molar refractivity (Wildman–Crippen MR) is 88.5 cm³/mol. The van der Waals surface area contributed by atoms with Crippen LogP contribution in [0.25, 0.3) is 0 Å². The molecule has 0 saturated carbocycles. The molecule has 0 aromatic carbocycles. The van der Waals surface area contributed by atoms with E-state index in [-0.39, 0.29) is 18.0 Å². The molecule has 2 atom stereocenters. The Labute approximate surface area is 131 Å². The molecule has 0 spiro atoms. The number of likely N-dealkylation sites (N-methyl/N-ethyl adjacent to an activating group) is 1. The zero-order chi connectivity index (χ0) is 15.8. The van der Waals surface area contributed by atoms with E-state index < -0.39 is 5.54 Å². The average Bonchev–Trinajstić information content (AvgIpc) is 2.85. The molecule has 1 aromatic heterocycles. The van der Waals surface area contributed by atoms with Crippen LogP contribution in [0.15, 0.2) is 11.4 Å². The van der Waals surface area contributed by atoms with Crippen molar-refractivity contribution in [2.75, 3.05) is 20.1 Å². The van der Waals surface area contributed by atoms with Crippen LogP contribution >= 0.6 is 11.3 Å². The summed E-state index contributed by atoms with van der Waals surface area (Å²) >= 11 is 1.75. The number of thiophene rings is 1. The highest BCUT2D eigenvalue weighted by atomic mass is 32.1. The van der Waals surface area contributed by atoms with Gasteiger partial charge in [0.2, 0.25) is 5.91 Å². The largest absolute Gasteiger partial charge is 0.343 e. The van der Waals surface area contributed by atoms with Crippen molar-refractivity contribution in [1.29, 1.82) is 0 Å². The van der Waals surface area contributed by atoms with Gasteiger partial charge in [0, 0.05) is 31.1 Å². The van der Waals surface area contributed by atoms with E-state index in [0.717, 1.165) is 19.5 Å². The summed E-state index contributed by atoms with van der Waals surface area (Å²) in [5, 5.41) is 2.12. The molecule has 1 aromatic rings. The van der Waals surface area contributed by atoms with Crippen molar-refractivity contribution in [3.8, 4) is 0 Å². The monoisotopic (exact) mass is 309 g/mol. The van der Waals surface area contributed by atoms with Gasteiger partial charge in [0.1, 0.15) is 0 Å². The molecule has 1 amide bonds. The van der Waals surface area contributed by atoms with Gasteiger partial charge in [-0.15, -0.1) is 11.3 Å². The van der Waals surface area contributed by atoms with Gasteiger partial charge in [0.05, 0.1) is 11.6 Å². The van der Waals surface area contributed by atoms with Crippen LogP contribution in [0.1, 0.15) is 43.7 Å². The van der Waals surface area contributed by atoms with Gasteiger partial charge in [0.15, 0.2) is 0 Å². The number of nitrogens with zero attached hydrogens (tertiary/aromatic N) is 2. The Balaban J connectivity index is 2.42. The molecule has 21 heavy (non-hydrogen) atoms. The zero-order valence-electron chi connectivity index (χ0n) is 13.7. The number of rotatable bonds is 4. The summed E-state index contributed by atoms with van der Waals surface area (Å²) in [5.74, 6) is 0.177. The third-order valence-electron chi connectivity index (χ3n) is 4.65. The summed E-state index contributed by atoms with van der Waals surface area (Å²) in [4.78, 5) is 18.0. The van der Waals surface area contributed by atoms with Gasteiger partial charge < -0.3 is 10.6 Å². The first kappa shape index (κ1) is 16.5. The topological polar surface area (TPSA) is 49.6 Å². The summed E-state index contributed by atoms with van der Waals surface area (Å²) in [7, 11) is 1.88. The van der Waals surface area contributed by atoms with Gasteiger partial charge >= 0.3 is 0 Å². The number of piperazine rings is 1. The van der Waals surface area contributed by atoms with E-state index in [1.807, 2.05) is 25.8 Å². The van der Waals surface area contributed by atoms with Gasteiger partial charge in [0.25, 0.3) is 0 Å². The lowest BCUT2D eigenvalue weighted by molar-refractivity contribution is -0.150. The zero-order valence-corrected chi connectivity index (χ0v) is 14.5. The molecule has 1 saturated heterocycles. The van der Waals surface area contributed by atoms with Gasteiger partial charge in [-0.1, -0.05) is 6.92 Å². The van der Waals surface area contributed by atoms with Crippen LogP contribution in [0.3, 0.4) is 0 Å². The fraction of sp³-hybridized carbons (Fsp3) is 0.688. The molecule has 2 unspecified atom stereocenters. The van der Waals surface area contributed by atoms with Crippen LogP contribution in [0.4, 0.5) is 0 Å². The number of nitrogens with two attached hydrogens (primary N) is 1. The van der Waals surface area contributed by atoms with Crippen molar-refractivity contribution in [2.45, 2.75) is 51.7 Å².